The number of para-hydroxylation sites is 1. The van der Waals surface area contributed by atoms with Crippen molar-refractivity contribution in [2.24, 2.45) is 5.92 Å². The third-order valence-electron chi connectivity index (χ3n) is 10.1. The Balaban J connectivity index is 1.18. The lowest BCUT2D eigenvalue weighted by Gasteiger charge is -2.31. The van der Waals surface area contributed by atoms with Gasteiger partial charge in [-0.1, -0.05) is 129 Å². The van der Waals surface area contributed by atoms with Gasteiger partial charge in [-0.25, -0.2) is 9.97 Å². The summed E-state index contributed by atoms with van der Waals surface area (Å²) >= 11 is 0. The van der Waals surface area contributed by atoms with Crippen LogP contribution in [0.25, 0.3) is 62.1 Å². The van der Waals surface area contributed by atoms with E-state index in [4.69, 9.17) is 9.97 Å². The molecular formula is C43H33N3. The van der Waals surface area contributed by atoms with E-state index < -0.39 is 0 Å². The highest BCUT2D eigenvalue weighted by Gasteiger charge is 2.45. The first kappa shape index (κ1) is 26.8. The normalized spacial score (nSPS) is 16.0. The van der Waals surface area contributed by atoms with Crippen molar-refractivity contribution in [2.45, 2.75) is 25.7 Å². The SMILES string of the molecule is CC1(C)c2ccccc2C2=Cc3c(c4ccccc4n3-c3ccc(-c4cc(-c5ccccc5)nc(-c5ccccc5)n4)cc3)CC21. The molecule has 1 atom stereocenters. The van der Waals surface area contributed by atoms with E-state index in [0.29, 0.717) is 5.92 Å². The molecule has 0 amide bonds. The first-order valence-electron chi connectivity index (χ1n) is 16.1. The Bertz CT molecular complexity index is 2230. The summed E-state index contributed by atoms with van der Waals surface area (Å²) < 4.78 is 2.45. The summed E-state index contributed by atoms with van der Waals surface area (Å²) in [6, 6.07) is 49.5. The molecular weight excluding hydrogens is 558 g/mol. The summed E-state index contributed by atoms with van der Waals surface area (Å²) in [5.41, 5.74) is 14.6. The number of benzene rings is 5. The number of fused-ring (bicyclic) bond motifs is 6. The first-order valence-corrected chi connectivity index (χ1v) is 16.1. The van der Waals surface area contributed by atoms with E-state index in [1.165, 1.54) is 38.9 Å². The van der Waals surface area contributed by atoms with Crippen LogP contribution < -0.4 is 0 Å². The Morgan fingerprint density at radius 2 is 1.24 bits per heavy atom. The zero-order valence-electron chi connectivity index (χ0n) is 26.0. The van der Waals surface area contributed by atoms with E-state index in [1.807, 2.05) is 24.3 Å². The van der Waals surface area contributed by atoms with Crippen LogP contribution in [0.4, 0.5) is 0 Å². The second-order valence-corrected chi connectivity index (χ2v) is 13.1. The maximum atomic E-state index is 5.06. The quantitative estimate of drug-likeness (QED) is 0.204. The van der Waals surface area contributed by atoms with Crippen LogP contribution in [0.2, 0.25) is 0 Å². The zero-order chi connectivity index (χ0) is 30.8. The molecule has 46 heavy (non-hydrogen) atoms. The molecule has 3 heteroatoms. The molecule has 7 aromatic rings. The Labute approximate surface area is 269 Å². The van der Waals surface area contributed by atoms with Gasteiger partial charge in [0, 0.05) is 27.8 Å². The van der Waals surface area contributed by atoms with Gasteiger partial charge >= 0.3 is 0 Å². The number of rotatable bonds is 4. The van der Waals surface area contributed by atoms with Crippen molar-refractivity contribution in [3.8, 4) is 39.6 Å². The largest absolute Gasteiger partial charge is 0.310 e. The van der Waals surface area contributed by atoms with Gasteiger partial charge < -0.3 is 4.57 Å². The fraction of sp³-hybridized carbons (Fsp3) is 0.116. The van der Waals surface area contributed by atoms with Crippen LogP contribution in [-0.2, 0) is 11.8 Å². The van der Waals surface area contributed by atoms with Gasteiger partial charge in [0.15, 0.2) is 5.82 Å². The minimum absolute atomic E-state index is 0.0969. The van der Waals surface area contributed by atoms with Crippen LogP contribution in [0.1, 0.15) is 36.2 Å². The molecule has 2 aromatic heterocycles. The van der Waals surface area contributed by atoms with E-state index in [0.717, 1.165) is 46.0 Å². The highest BCUT2D eigenvalue weighted by Crippen LogP contribution is 2.55. The summed E-state index contributed by atoms with van der Waals surface area (Å²) in [6.07, 6.45) is 3.52. The minimum atomic E-state index is 0.0969. The molecule has 0 N–H and O–H groups in total. The molecule has 9 rings (SSSR count). The zero-order valence-corrected chi connectivity index (χ0v) is 26.0. The van der Waals surface area contributed by atoms with Gasteiger partial charge in [0.25, 0.3) is 0 Å². The fourth-order valence-corrected chi connectivity index (χ4v) is 7.78. The predicted molar refractivity (Wildman–Crippen MR) is 190 cm³/mol. The van der Waals surface area contributed by atoms with E-state index in [-0.39, 0.29) is 5.41 Å². The van der Waals surface area contributed by atoms with Gasteiger partial charge in [-0.05, 0) is 70.4 Å². The van der Waals surface area contributed by atoms with E-state index in [9.17, 15) is 0 Å². The molecule has 0 radical (unpaired) electrons. The number of aromatic nitrogens is 3. The maximum Gasteiger partial charge on any atom is 0.160 e. The Morgan fingerprint density at radius 1 is 0.630 bits per heavy atom. The molecule has 220 valence electrons. The van der Waals surface area contributed by atoms with Crippen LogP contribution in [0.5, 0.6) is 0 Å². The molecule has 5 aromatic carbocycles. The predicted octanol–water partition coefficient (Wildman–Crippen LogP) is 10.4. The van der Waals surface area contributed by atoms with Crippen LogP contribution in [0.15, 0.2) is 140 Å². The Kier molecular flexibility index (Phi) is 5.98. The number of nitrogens with zero attached hydrogens (tertiary/aromatic N) is 3. The topological polar surface area (TPSA) is 30.7 Å². The standard InChI is InChI=1S/C43H33N3/c1-43(2)36-19-11-9-17-32(36)34-26-41-35(25-37(34)43)33-18-10-12-20-40(33)46(41)31-23-21-29(22-24-31)39-27-38(28-13-5-3-6-14-28)44-42(45-39)30-15-7-4-8-16-30/h3-24,26-27,37H,25H2,1-2H3. The fourth-order valence-electron chi connectivity index (χ4n) is 7.78. The highest BCUT2D eigenvalue weighted by molar-refractivity contribution is 5.98. The molecule has 0 saturated carbocycles. The summed E-state index contributed by atoms with van der Waals surface area (Å²) in [5, 5.41) is 1.35. The average molecular weight is 592 g/mol. The monoisotopic (exact) mass is 591 g/mol. The number of allylic oxidation sites excluding steroid dienone is 1. The van der Waals surface area contributed by atoms with E-state index >= 15 is 0 Å². The third kappa shape index (κ3) is 4.12. The second-order valence-electron chi connectivity index (χ2n) is 13.1. The molecule has 1 unspecified atom stereocenters. The third-order valence-corrected chi connectivity index (χ3v) is 10.1. The molecule has 0 aliphatic heterocycles. The number of hydrogen-bond donors (Lipinski definition) is 0. The number of hydrogen-bond acceptors (Lipinski definition) is 2. The van der Waals surface area contributed by atoms with Gasteiger partial charge in [0.2, 0.25) is 0 Å². The molecule has 0 fully saturated rings. The van der Waals surface area contributed by atoms with Crippen molar-refractivity contribution in [2.75, 3.05) is 0 Å². The van der Waals surface area contributed by atoms with Crippen molar-refractivity contribution in [3.05, 3.63) is 162 Å². The average Bonchev–Trinajstić information content (AvgIpc) is 3.56. The summed E-state index contributed by atoms with van der Waals surface area (Å²) in [4.78, 5) is 10.0. The first-order chi connectivity index (χ1) is 22.6. The van der Waals surface area contributed by atoms with Gasteiger partial charge in [0.1, 0.15) is 0 Å². The Morgan fingerprint density at radius 3 is 1.98 bits per heavy atom. The smallest absolute Gasteiger partial charge is 0.160 e. The molecule has 2 aliphatic rings. The second kappa shape index (κ2) is 10.3. The van der Waals surface area contributed by atoms with Crippen LogP contribution in [-0.4, -0.2) is 14.5 Å². The summed E-state index contributed by atoms with van der Waals surface area (Å²) in [5.74, 6) is 1.20. The van der Waals surface area contributed by atoms with Crippen LogP contribution >= 0.6 is 0 Å². The Hall–Kier alpha value is -5.54. The van der Waals surface area contributed by atoms with Crippen molar-refractivity contribution in [1.29, 1.82) is 0 Å². The van der Waals surface area contributed by atoms with Crippen LogP contribution in [0.3, 0.4) is 0 Å². The van der Waals surface area contributed by atoms with E-state index in [1.54, 1.807) is 0 Å². The molecule has 2 aliphatic carbocycles. The van der Waals surface area contributed by atoms with Crippen LogP contribution in [0, 0.1) is 5.92 Å². The molecule has 3 nitrogen and oxygen atoms in total. The van der Waals surface area contributed by atoms with Gasteiger partial charge in [-0.2, -0.15) is 0 Å². The van der Waals surface area contributed by atoms with Crippen molar-refractivity contribution < 1.29 is 0 Å². The maximum absolute atomic E-state index is 5.06. The summed E-state index contributed by atoms with van der Waals surface area (Å²) in [6.45, 7) is 4.83. The van der Waals surface area contributed by atoms with Gasteiger partial charge in [-0.15, -0.1) is 0 Å². The van der Waals surface area contributed by atoms with Gasteiger partial charge in [0.05, 0.1) is 22.6 Å². The van der Waals surface area contributed by atoms with Crippen molar-refractivity contribution in [3.63, 3.8) is 0 Å². The van der Waals surface area contributed by atoms with E-state index in [2.05, 4.69) is 140 Å². The summed E-state index contributed by atoms with van der Waals surface area (Å²) in [7, 11) is 0. The van der Waals surface area contributed by atoms with Crippen molar-refractivity contribution >= 4 is 22.6 Å². The molecule has 0 saturated heterocycles. The highest BCUT2D eigenvalue weighted by atomic mass is 15.0. The lowest BCUT2D eigenvalue weighted by Crippen LogP contribution is -2.27. The molecule has 2 heterocycles. The minimum Gasteiger partial charge on any atom is -0.310 e. The van der Waals surface area contributed by atoms with Gasteiger partial charge in [-0.3, -0.25) is 0 Å². The molecule has 0 spiro atoms. The lowest BCUT2D eigenvalue weighted by molar-refractivity contribution is 0.410. The lowest BCUT2D eigenvalue weighted by atomic mass is 9.72. The van der Waals surface area contributed by atoms with Crippen molar-refractivity contribution in [1.82, 2.24) is 14.5 Å². The molecule has 0 bridgehead atoms.